The Hall–Kier alpha value is -3.55. The summed E-state index contributed by atoms with van der Waals surface area (Å²) >= 11 is 0. The van der Waals surface area contributed by atoms with Gasteiger partial charge in [0.15, 0.2) is 11.5 Å². The minimum absolute atomic E-state index is 0.0917. The van der Waals surface area contributed by atoms with Gasteiger partial charge in [0.05, 0.1) is 26.5 Å². The van der Waals surface area contributed by atoms with E-state index in [4.69, 9.17) is 14.2 Å². The maximum atomic E-state index is 11.9. The van der Waals surface area contributed by atoms with E-state index in [2.05, 4.69) is 15.8 Å². The monoisotopic (exact) mass is 413 g/mol. The molecule has 8 nitrogen and oxygen atoms in total. The van der Waals surface area contributed by atoms with E-state index in [1.54, 1.807) is 32.4 Å². The number of ether oxygens (including phenoxy) is 3. The molecule has 0 spiro atoms. The fraction of sp³-hybridized carbons (Fsp3) is 0.318. The van der Waals surface area contributed by atoms with Gasteiger partial charge < -0.3 is 19.5 Å². The predicted molar refractivity (Wildman–Crippen MR) is 114 cm³/mol. The highest BCUT2D eigenvalue weighted by atomic mass is 16.5. The quantitative estimate of drug-likeness (QED) is 0.373. The molecule has 0 aliphatic rings. The lowest BCUT2D eigenvalue weighted by Crippen LogP contribution is -2.38. The number of hydrogen-bond acceptors (Lipinski definition) is 6. The predicted octanol–water partition coefficient (Wildman–Crippen LogP) is 2.30. The van der Waals surface area contributed by atoms with Gasteiger partial charge in [0.25, 0.3) is 0 Å². The Bertz CT molecular complexity index is 879. The maximum absolute atomic E-state index is 11.9. The number of methoxy groups -OCH3 is 2. The van der Waals surface area contributed by atoms with E-state index in [0.29, 0.717) is 24.5 Å². The van der Waals surface area contributed by atoms with Crippen molar-refractivity contribution in [1.29, 1.82) is 0 Å². The maximum Gasteiger partial charge on any atom is 0.329 e. The van der Waals surface area contributed by atoms with Gasteiger partial charge in [0.2, 0.25) is 0 Å². The standard InChI is InChI=1S/C22H27N3O5/c1-15(2)30-18-8-5-17(6-9-18)14-24-25-22(27)21(26)23-12-11-16-7-10-19(28-3)20(13-16)29-4/h5-10,13-15H,11-12H2,1-4H3,(H,23,26)(H,25,27)/b24-14-. The van der Waals surface area contributed by atoms with E-state index in [1.165, 1.54) is 6.21 Å². The first-order valence-electron chi connectivity index (χ1n) is 9.51. The lowest BCUT2D eigenvalue weighted by atomic mass is 10.1. The summed E-state index contributed by atoms with van der Waals surface area (Å²) in [6.07, 6.45) is 2.08. The molecule has 0 unspecified atom stereocenters. The number of amides is 2. The molecule has 2 aromatic rings. The Morgan fingerprint density at radius 3 is 2.33 bits per heavy atom. The molecular formula is C22H27N3O5. The van der Waals surface area contributed by atoms with E-state index in [0.717, 1.165) is 16.9 Å². The van der Waals surface area contributed by atoms with Crippen LogP contribution in [0.5, 0.6) is 17.2 Å². The lowest BCUT2D eigenvalue weighted by Gasteiger charge is -2.10. The first-order valence-corrected chi connectivity index (χ1v) is 9.51. The molecule has 0 saturated heterocycles. The van der Waals surface area contributed by atoms with Crippen molar-refractivity contribution in [3.63, 3.8) is 0 Å². The Kier molecular flexibility index (Phi) is 8.68. The molecule has 0 bridgehead atoms. The highest BCUT2D eigenvalue weighted by Gasteiger charge is 2.12. The Balaban J connectivity index is 1.77. The van der Waals surface area contributed by atoms with Crippen LogP contribution in [0.4, 0.5) is 0 Å². The van der Waals surface area contributed by atoms with Crippen LogP contribution >= 0.6 is 0 Å². The third-order valence-electron chi connectivity index (χ3n) is 3.99. The first kappa shape index (κ1) is 22.7. The van der Waals surface area contributed by atoms with Crippen molar-refractivity contribution in [2.24, 2.45) is 5.10 Å². The van der Waals surface area contributed by atoms with Crippen molar-refractivity contribution in [2.75, 3.05) is 20.8 Å². The summed E-state index contributed by atoms with van der Waals surface area (Å²) < 4.78 is 16.0. The summed E-state index contributed by atoms with van der Waals surface area (Å²) in [4.78, 5) is 23.7. The molecule has 8 heteroatoms. The van der Waals surface area contributed by atoms with Crippen LogP contribution in [-0.4, -0.2) is 44.9 Å². The van der Waals surface area contributed by atoms with E-state index in [-0.39, 0.29) is 6.10 Å². The second-order valence-electron chi connectivity index (χ2n) is 6.63. The highest BCUT2D eigenvalue weighted by molar-refractivity contribution is 6.35. The van der Waals surface area contributed by atoms with Crippen LogP contribution in [0.1, 0.15) is 25.0 Å². The first-order chi connectivity index (χ1) is 14.4. The molecule has 30 heavy (non-hydrogen) atoms. The molecule has 0 saturated carbocycles. The van der Waals surface area contributed by atoms with E-state index in [9.17, 15) is 9.59 Å². The average Bonchev–Trinajstić information content (AvgIpc) is 2.74. The molecule has 0 fully saturated rings. The Morgan fingerprint density at radius 1 is 1.00 bits per heavy atom. The molecular weight excluding hydrogens is 386 g/mol. The smallest absolute Gasteiger partial charge is 0.329 e. The molecule has 2 aromatic carbocycles. The van der Waals surface area contributed by atoms with Crippen LogP contribution in [-0.2, 0) is 16.0 Å². The van der Waals surface area contributed by atoms with Gasteiger partial charge in [-0.25, -0.2) is 5.43 Å². The second kappa shape index (κ2) is 11.5. The summed E-state index contributed by atoms with van der Waals surface area (Å²) in [6, 6.07) is 12.7. The zero-order valence-electron chi connectivity index (χ0n) is 17.6. The van der Waals surface area contributed by atoms with Gasteiger partial charge >= 0.3 is 11.8 Å². The molecule has 0 aromatic heterocycles. The molecule has 2 N–H and O–H groups in total. The van der Waals surface area contributed by atoms with Crippen molar-refractivity contribution < 1.29 is 23.8 Å². The van der Waals surface area contributed by atoms with Gasteiger partial charge in [-0.1, -0.05) is 6.07 Å². The molecule has 0 atom stereocenters. The molecule has 0 aliphatic heterocycles. The van der Waals surface area contributed by atoms with Crippen LogP contribution in [0, 0.1) is 0 Å². The van der Waals surface area contributed by atoms with Crippen LogP contribution in [0.15, 0.2) is 47.6 Å². The third-order valence-corrected chi connectivity index (χ3v) is 3.99. The third kappa shape index (κ3) is 7.12. The zero-order valence-corrected chi connectivity index (χ0v) is 17.6. The lowest BCUT2D eigenvalue weighted by molar-refractivity contribution is -0.139. The number of benzene rings is 2. The SMILES string of the molecule is COc1ccc(CCNC(=O)C(=O)N/N=C\c2ccc(OC(C)C)cc2)cc1OC. The fourth-order valence-electron chi connectivity index (χ4n) is 2.56. The van der Waals surface area contributed by atoms with E-state index >= 15 is 0 Å². The normalized spacial score (nSPS) is 10.7. The molecule has 2 amide bonds. The van der Waals surface area contributed by atoms with Gasteiger partial charge in [-0.2, -0.15) is 5.10 Å². The van der Waals surface area contributed by atoms with E-state index < -0.39 is 11.8 Å². The van der Waals surface area contributed by atoms with Crippen molar-refractivity contribution >= 4 is 18.0 Å². The Morgan fingerprint density at radius 2 is 1.70 bits per heavy atom. The number of carbonyl (C=O) groups excluding carboxylic acids is 2. The van der Waals surface area contributed by atoms with Crippen molar-refractivity contribution in [1.82, 2.24) is 10.7 Å². The Labute approximate surface area is 176 Å². The molecule has 160 valence electrons. The number of rotatable bonds is 9. The van der Waals surface area contributed by atoms with Crippen LogP contribution in [0.3, 0.4) is 0 Å². The van der Waals surface area contributed by atoms with Gasteiger partial charge in [0.1, 0.15) is 5.75 Å². The van der Waals surface area contributed by atoms with Crippen molar-refractivity contribution in [3.8, 4) is 17.2 Å². The molecule has 2 rings (SSSR count). The largest absolute Gasteiger partial charge is 0.493 e. The van der Waals surface area contributed by atoms with Crippen molar-refractivity contribution in [2.45, 2.75) is 26.4 Å². The number of hydrazone groups is 1. The molecule has 0 radical (unpaired) electrons. The second-order valence-corrected chi connectivity index (χ2v) is 6.63. The van der Waals surface area contributed by atoms with Crippen LogP contribution in [0.2, 0.25) is 0 Å². The number of nitrogens with one attached hydrogen (secondary N) is 2. The van der Waals surface area contributed by atoms with Gasteiger partial charge in [-0.3, -0.25) is 9.59 Å². The topological polar surface area (TPSA) is 98.2 Å². The summed E-state index contributed by atoms with van der Waals surface area (Å²) in [6.45, 7) is 4.19. The van der Waals surface area contributed by atoms with Gasteiger partial charge in [-0.15, -0.1) is 0 Å². The fourth-order valence-corrected chi connectivity index (χ4v) is 2.56. The summed E-state index contributed by atoms with van der Waals surface area (Å²) in [7, 11) is 3.12. The number of carbonyl (C=O) groups is 2. The van der Waals surface area contributed by atoms with Crippen LogP contribution in [0.25, 0.3) is 0 Å². The van der Waals surface area contributed by atoms with Crippen molar-refractivity contribution in [3.05, 3.63) is 53.6 Å². The van der Waals surface area contributed by atoms with Gasteiger partial charge in [0, 0.05) is 6.54 Å². The summed E-state index contributed by atoms with van der Waals surface area (Å²) in [5, 5.41) is 6.36. The van der Waals surface area contributed by atoms with E-state index in [1.807, 2.05) is 38.1 Å². The summed E-state index contributed by atoms with van der Waals surface area (Å²) in [5.74, 6) is 0.397. The highest BCUT2D eigenvalue weighted by Crippen LogP contribution is 2.27. The number of nitrogens with zero attached hydrogens (tertiary/aromatic N) is 1. The van der Waals surface area contributed by atoms with Crippen LogP contribution < -0.4 is 25.0 Å². The van der Waals surface area contributed by atoms with Gasteiger partial charge in [-0.05, 0) is 67.8 Å². The minimum atomic E-state index is -0.835. The zero-order chi connectivity index (χ0) is 21.9. The molecule has 0 heterocycles. The number of hydrogen-bond donors (Lipinski definition) is 2. The average molecular weight is 413 g/mol. The molecule has 0 aliphatic carbocycles. The summed E-state index contributed by atoms with van der Waals surface area (Å²) in [5.41, 5.74) is 3.92. The minimum Gasteiger partial charge on any atom is -0.493 e.